The van der Waals surface area contributed by atoms with Gasteiger partial charge in [0.25, 0.3) is 0 Å². The first-order valence-electron chi connectivity index (χ1n) is 18.6. The fourth-order valence-corrected chi connectivity index (χ4v) is 9.33. The SMILES string of the molecule is COc1cccc(OC)c1C(=O)C(CCCCCCCP(=O)(C(=O)c1c(OC)cccc1OC)C(=O)c1c(OC)cccc1OC)C(=O)c1c(OC)cccc1OC. The molecule has 4 aromatic rings. The third-order valence-corrected chi connectivity index (χ3v) is 12.6. The summed E-state index contributed by atoms with van der Waals surface area (Å²) in [6.45, 7) is 0. The maximum atomic E-state index is 15.1. The molecule has 0 aromatic heterocycles. The van der Waals surface area contributed by atoms with Crippen molar-refractivity contribution >= 4 is 29.8 Å². The Morgan fingerprint density at radius 1 is 0.414 bits per heavy atom. The standard InChI is InChI=1S/C44H51O13P/c1-50-29-19-14-20-30(51-2)37(29)41(45)28(42(46)38-31(52-3)21-15-22-32(38)53-4)18-12-10-9-11-13-27-58(49,43(47)39-33(54-5)23-16-24-34(39)55-6)44(48)40-35(56-7)25-17-26-36(40)57-8/h14-17,19-26,28H,9-13,18,27H2,1-8H3. The number of carbonyl (C=O) groups is 4. The molecule has 13 nitrogen and oxygen atoms in total. The molecule has 0 aliphatic heterocycles. The molecule has 14 heteroatoms. The molecule has 0 N–H and O–H groups in total. The minimum atomic E-state index is -4.44. The van der Waals surface area contributed by atoms with E-state index in [4.69, 9.17) is 37.9 Å². The maximum absolute atomic E-state index is 15.1. The predicted molar refractivity (Wildman–Crippen MR) is 219 cm³/mol. The lowest BCUT2D eigenvalue weighted by Crippen LogP contribution is -2.26. The highest BCUT2D eigenvalue weighted by atomic mass is 31.2. The predicted octanol–water partition coefficient (Wildman–Crippen LogP) is 8.82. The van der Waals surface area contributed by atoms with Gasteiger partial charge in [-0.3, -0.25) is 19.2 Å². The van der Waals surface area contributed by atoms with Gasteiger partial charge in [0.05, 0.1) is 62.8 Å². The molecule has 0 radical (unpaired) electrons. The second-order valence-corrected chi connectivity index (χ2v) is 15.8. The molecule has 58 heavy (non-hydrogen) atoms. The number of ether oxygens (including phenoxy) is 8. The van der Waals surface area contributed by atoms with Crippen molar-refractivity contribution in [3.63, 3.8) is 0 Å². The zero-order chi connectivity index (χ0) is 42.4. The maximum Gasteiger partial charge on any atom is 0.236 e. The highest BCUT2D eigenvalue weighted by molar-refractivity contribution is 7.95. The van der Waals surface area contributed by atoms with Gasteiger partial charge >= 0.3 is 0 Å². The number of Topliss-reactive ketones (excluding diaryl/α,β-unsaturated/α-hetero) is 2. The summed E-state index contributed by atoms with van der Waals surface area (Å²) in [5.74, 6) is -0.625. The van der Waals surface area contributed by atoms with E-state index in [1.165, 1.54) is 81.1 Å². The summed E-state index contributed by atoms with van der Waals surface area (Å²) in [7, 11) is 6.78. The topological polar surface area (TPSA) is 159 Å². The summed E-state index contributed by atoms with van der Waals surface area (Å²) in [5.41, 5.74) is -1.73. The lowest BCUT2D eigenvalue weighted by Gasteiger charge is -2.21. The molecule has 310 valence electrons. The molecule has 0 unspecified atom stereocenters. The van der Waals surface area contributed by atoms with Crippen LogP contribution in [0.4, 0.5) is 0 Å². The molecule has 0 amide bonds. The van der Waals surface area contributed by atoms with Crippen LogP contribution in [-0.2, 0) is 4.57 Å². The van der Waals surface area contributed by atoms with Crippen molar-refractivity contribution in [3.05, 3.63) is 95.1 Å². The van der Waals surface area contributed by atoms with Crippen molar-refractivity contribution < 1.29 is 61.6 Å². The van der Waals surface area contributed by atoms with Gasteiger partial charge in [-0.05, 0) is 61.4 Å². The monoisotopic (exact) mass is 818 g/mol. The number of hydrogen-bond donors (Lipinski definition) is 0. The zero-order valence-corrected chi connectivity index (χ0v) is 35.1. The van der Waals surface area contributed by atoms with E-state index in [9.17, 15) is 19.2 Å². The number of rotatable bonds is 24. The Morgan fingerprint density at radius 3 is 0.966 bits per heavy atom. The highest BCUT2D eigenvalue weighted by Crippen LogP contribution is 2.57. The van der Waals surface area contributed by atoms with Gasteiger partial charge in [-0.2, -0.15) is 0 Å². The molecule has 0 spiro atoms. The molecular weight excluding hydrogens is 767 g/mol. The van der Waals surface area contributed by atoms with Crippen LogP contribution < -0.4 is 37.9 Å². The fourth-order valence-electron chi connectivity index (χ4n) is 6.91. The van der Waals surface area contributed by atoms with Crippen molar-refractivity contribution in [2.24, 2.45) is 5.92 Å². The van der Waals surface area contributed by atoms with Crippen LogP contribution in [0.25, 0.3) is 0 Å². The van der Waals surface area contributed by atoms with Crippen molar-refractivity contribution in [1.82, 2.24) is 0 Å². The summed E-state index contributed by atoms with van der Waals surface area (Å²) in [6, 6.07) is 19.3. The Labute approximate surface area is 339 Å². The van der Waals surface area contributed by atoms with Gasteiger partial charge in [0.15, 0.2) is 11.6 Å². The van der Waals surface area contributed by atoms with Gasteiger partial charge in [0.2, 0.25) is 18.2 Å². The van der Waals surface area contributed by atoms with Crippen LogP contribution >= 0.6 is 7.14 Å². The van der Waals surface area contributed by atoms with E-state index in [0.717, 1.165) is 0 Å². The van der Waals surface area contributed by atoms with E-state index in [1.807, 2.05) is 0 Å². The molecule has 0 bridgehead atoms. The van der Waals surface area contributed by atoms with E-state index < -0.39 is 35.7 Å². The van der Waals surface area contributed by atoms with E-state index in [0.29, 0.717) is 25.7 Å². The first-order chi connectivity index (χ1) is 28.0. The summed E-state index contributed by atoms with van der Waals surface area (Å²) in [4.78, 5) is 57.5. The fraction of sp³-hybridized carbons (Fsp3) is 0.364. The average molecular weight is 819 g/mol. The molecule has 0 heterocycles. The molecule has 4 rings (SSSR count). The Hall–Kier alpha value is -5.81. The van der Waals surface area contributed by atoms with Gasteiger partial charge in [0.1, 0.15) is 68.2 Å². The van der Waals surface area contributed by atoms with Gasteiger partial charge in [-0.15, -0.1) is 0 Å². The molecule has 0 fully saturated rings. The minimum Gasteiger partial charge on any atom is -0.496 e. The summed E-state index contributed by atoms with van der Waals surface area (Å²) < 4.78 is 58.9. The summed E-state index contributed by atoms with van der Waals surface area (Å²) in [5, 5.41) is 0. The van der Waals surface area contributed by atoms with Gasteiger partial charge in [-0.25, -0.2) is 0 Å². The van der Waals surface area contributed by atoms with Crippen molar-refractivity contribution in [3.8, 4) is 46.0 Å². The quantitative estimate of drug-likeness (QED) is 0.0286. The van der Waals surface area contributed by atoms with Gasteiger partial charge < -0.3 is 42.5 Å². The molecule has 0 aliphatic carbocycles. The summed E-state index contributed by atoms with van der Waals surface area (Å²) >= 11 is 0. The number of benzene rings is 4. The number of carbonyl (C=O) groups excluding carboxylic acids is 4. The lowest BCUT2D eigenvalue weighted by molar-refractivity contribution is 0.0789. The number of ketones is 2. The van der Waals surface area contributed by atoms with E-state index in [1.54, 1.807) is 48.5 Å². The zero-order valence-electron chi connectivity index (χ0n) is 34.2. The van der Waals surface area contributed by atoms with Crippen molar-refractivity contribution in [1.29, 1.82) is 0 Å². The van der Waals surface area contributed by atoms with Crippen LogP contribution in [0.3, 0.4) is 0 Å². The Kier molecular flexibility index (Phi) is 16.3. The van der Waals surface area contributed by atoms with Crippen molar-refractivity contribution in [2.45, 2.75) is 38.5 Å². The first-order valence-corrected chi connectivity index (χ1v) is 20.5. The number of methoxy groups -OCH3 is 8. The van der Waals surface area contributed by atoms with Crippen LogP contribution in [0.5, 0.6) is 46.0 Å². The second-order valence-electron chi connectivity index (χ2n) is 13.1. The molecule has 0 atom stereocenters. The second kappa shape index (κ2) is 21.1. The molecular formula is C44H51O13P. The van der Waals surface area contributed by atoms with Crippen LogP contribution in [0.15, 0.2) is 72.8 Å². The Bertz CT molecular complexity index is 1920. The number of hydrogen-bond acceptors (Lipinski definition) is 13. The van der Waals surface area contributed by atoms with E-state index in [2.05, 4.69) is 0 Å². The molecule has 4 aromatic carbocycles. The van der Waals surface area contributed by atoms with Gasteiger partial charge in [0, 0.05) is 6.16 Å². The normalized spacial score (nSPS) is 11.1. The van der Waals surface area contributed by atoms with Crippen molar-refractivity contribution in [2.75, 3.05) is 63.0 Å². The summed E-state index contributed by atoms with van der Waals surface area (Å²) in [6.07, 6.45) is 2.21. The molecule has 0 saturated carbocycles. The first kappa shape index (κ1) is 44.9. The van der Waals surface area contributed by atoms with E-state index >= 15 is 4.57 Å². The average Bonchev–Trinajstić information content (AvgIpc) is 3.27. The highest BCUT2D eigenvalue weighted by Gasteiger charge is 2.45. The molecule has 0 aliphatic rings. The molecule has 0 saturated heterocycles. The van der Waals surface area contributed by atoms with Gasteiger partial charge in [-0.1, -0.05) is 49.9 Å². The van der Waals surface area contributed by atoms with Crippen LogP contribution in [0.1, 0.15) is 80.0 Å². The van der Waals surface area contributed by atoms with Crippen LogP contribution in [-0.4, -0.2) is 85.7 Å². The Morgan fingerprint density at radius 2 is 0.672 bits per heavy atom. The smallest absolute Gasteiger partial charge is 0.236 e. The third kappa shape index (κ3) is 9.48. The Balaban J connectivity index is 1.59. The third-order valence-electron chi connectivity index (χ3n) is 9.89. The van der Waals surface area contributed by atoms with Crippen LogP contribution in [0, 0.1) is 5.92 Å². The lowest BCUT2D eigenvalue weighted by atomic mass is 9.84. The minimum absolute atomic E-state index is 0.100. The largest absolute Gasteiger partial charge is 0.496 e. The number of unbranched alkanes of at least 4 members (excludes halogenated alkanes) is 4. The van der Waals surface area contributed by atoms with Crippen LogP contribution in [0.2, 0.25) is 0 Å². The van der Waals surface area contributed by atoms with E-state index in [-0.39, 0.29) is 87.3 Å².